The summed E-state index contributed by atoms with van der Waals surface area (Å²) >= 11 is 4.89. The minimum atomic E-state index is -0.876. The molecule has 1 amide bonds. The smallest absolute Gasteiger partial charge is 0.307 e. The van der Waals surface area contributed by atoms with Gasteiger partial charge in [-0.1, -0.05) is 0 Å². The van der Waals surface area contributed by atoms with Crippen LogP contribution in [0.2, 0.25) is 0 Å². The van der Waals surface area contributed by atoms with Crippen LogP contribution < -0.4 is 5.32 Å². The standard InChI is InChI=1S/C10H10BrNO3S/c11-8-2-1-5(16-8)4-12-9(13)6-3-7(6)10(14)15/h1-2,6-7H,3-4H2,(H,12,13)(H,14,15)/t6-,7+/m1/s1. The van der Waals surface area contributed by atoms with E-state index in [0.717, 1.165) is 8.66 Å². The zero-order valence-corrected chi connectivity index (χ0v) is 10.7. The van der Waals surface area contributed by atoms with Crippen molar-refractivity contribution in [3.8, 4) is 0 Å². The number of carbonyl (C=O) groups excluding carboxylic acids is 1. The minimum absolute atomic E-state index is 0.156. The van der Waals surface area contributed by atoms with Crippen LogP contribution in [0, 0.1) is 11.8 Å². The molecule has 0 aliphatic heterocycles. The molecule has 6 heteroatoms. The number of halogens is 1. The summed E-state index contributed by atoms with van der Waals surface area (Å²) in [5.74, 6) is -1.84. The number of carboxylic acids is 1. The summed E-state index contributed by atoms with van der Waals surface area (Å²) in [6.45, 7) is 0.470. The summed E-state index contributed by atoms with van der Waals surface area (Å²) in [5, 5.41) is 11.4. The molecule has 2 atom stereocenters. The quantitative estimate of drug-likeness (QED) is 0.892. The molecule has 1 aromatic heterocycles. The van der Waals surface area contributed by atoms with Crippen LogP contribution in [0.1, 0.15) is 11.3 Å². The summed E-state index contributed by atoms with van der Waals surface area (Å²) in [6, 6.07) is 3.85. The van der Waals surface area contributed by atoms with E-state index in [1.54, 1.807) is 11.3 Å². The summed E-state index contributed by atoms with van der Waals surface area (Å²) in [6.07, 6.45) is 0.468. The Hall–Kier alpha value is -0.880. The van der Waals surface area contributed by atoms with Gasteiger partial charge in [-0.3, -0.25) is 9.59 Å². The van der Waals surface area contributed by atoms with E-state index in [0.29, 0.717) is 13.0 Å². The zero-order valence-electron chi connectivity index (χ0n) is 8.27. The molecule has 16 heavy (non-hydrogen) atoms. The molecule has 86 valence electrons. The number of aliphatic carboxylic acids is 1. The fourth-order valence-corrected chi connectivity index (χ4v) is 2.93. The molecule has 2 rings (SSSR count). The minimum Gasteiger partial charge on any atom is -0.481 e. The highest BCUT2D eigenvalue weighted by molar-refractivity contribution is 9.11. The van der Waals surface area contributed by atoms with Crippen molar-refractivity contribution in [1.82, 2.24) is 5.32 Å². The third kappa shape index (κ3) is 2.62. The Morgan fingerprint density at radius 1 is 1.50 bits per heavy atom. The van der Waals surface area contributed by atoms with Gasteiger partial charge in [0.25, 0.3) is 0 Å². The highest BCUT2D eigenvalue weighted by Gasteiger charge is 2.48. The van der Waals surface area contributed by atoms with Gasteiger partial charge in [0.05, 0.1) is 22.2 Å². The van der Waals surface area contributed by atoms with Crippen LogP contribution in [0.15, 0.2) is 15.9 Å². The first-order chi connectivity index (χ1) is 7.58. The number of hydrogen-bond donors (Lipinski definition) is 2. The molecule has 2 N–H and O–H groups in total. The van der Waals surface area contributed by atoms with Gasteiger partial charge in [-0.05, 0) is 34.5 Å². The van der Waals surface area contributed by atoms with E-state index in [1.165, 1.54) is 0 Å². The third-order valence-electron chi connectivity index (χ3n) is 2.51. The third-order valence-corrected chi connectivity index (χ3v) is 4.13. The molecule has 1 aliphatic rings. The van der Waals surface area contributed by atoms with E-state index < -0.39 is 11.9 Å². The first kappa shape index (κ1) is 11.6. The van der Waals surface area contributed by atoms with Crippen LogP contribution in [-0.2, 0) is 16.1 Å². The van der Waals surface area contributed by atoms with Crippen molar-refractivity contribution in [3.63, 3.8) is 0 Å². The summed E-state index contributed by atoms with van der Waals surface area (Å²) in [5.41, 5.74) is 0. The van der Waals surface area contributed by atoms with Crippen molar-refractivity contribution in [3.05, 3.63) is 20.8 Å². The molecular formula is C10H10BrNO3S. The van der Waals surface area contributed by atoms with Gasteiger partial charge in [-0.15, -0.1) is 11.3 Å². The number of carbonyl (C=O) groups is 2. The highest BCUT2D eigenvalue weighted by Crippen LogP contribution is 2.38. The van der Waals surface area contributed by atoms with Gasteiger partial charge in [-0.2, -0.15) is 0 Å². The lowest BCUT2D eigenvalue weighted by atomic mass is 10.3. The molecule has 1 aliphatic carbocycles. The van der Waals surface area contributed by atoms with E-state index >= 15 is 0 Å². The van der Waals surface area contributed by atoms with Gasteiger partial charge < -0.3 is 10.4 Å². The van der Waals surface area contributed by atoms with E-state index in [1.807, 2.05) is 12.1 Å². The van der Waals surface area contributed by atoms with Crippen LogP contribution >= 0.6 is 27.3 Å². The molecule has 1 saturated carbocycles. The Bertz CT molecular complexity index is 431. The molecule has 4 nitrogen and oxygen atoms in total. The van der Waals surface area contributed by atoms with Crippen molar-refractivity contribution in [2.24, 2.45) is 11.8 Å². The van der Waals surface area contributed by atoms with E-state index in [4.69, 9.17) is 5.11 Å². The maximum absolute atomic E-state index is 11.5. The number of carboxylic acid groups (broad SMARTS) is 1. The van der Waals surface area contributed by atoms with Gasteiger partial charge in [0.15, 0.2) is 0 Å². The van der Waals surface area contributed by atoms with Crippen LogP contribution in [0.5, 0.6) is 0 Å². The van der Waals surface area contributed by atoms with Crippen molar-refractivity contribution < 1.29 is 14.7 Å². The van der Waals surface area contributed by atoms with Crippen LogP contribution in [0.25, 0.3) is 0 Å². The zero-order chi connectivity index (χ0) is 11.7. The fraction of sp³-hybridized carbons (Fsp3) is 0.400. The lowest BCUT2D eigenvalue weighted by Crippen LogP contribution is -2.25. The largest absolute Gasteiger partial charge is 0.481 e. The van der Waals surface area contributed by atoms with Crippen LogP contribution in [0.4, 0.5) is 0 Å². The van der Waals surface area contributed by atoms with Crippen molar-refractivity contribution in [2.75, 3.05) is 0 Å². The number of amides is 1. The molecule has 0 aromatic carbocycles. The summed E-state index contributed by atoms with van der Waals surface area (Å²) in [4.78, 5) is 23.1. The molecule has 1 heterocycles. The van der Waals surface area contributed by atoms with E-state index in [9.17, 15) is 9.59 Å². The summed E-state index contributed by atoms with van der Waals surface area (Å²) in [7, 11) is 0. The van der Waals surface area contributed by atoms with Crippen molar-refractivity contribution in [1.29, 1.82) is 0 Å². The second-order valence-electron chi connectivity index (χ2n) is 3.71. The van der Waals surface area contributed by atoms with Gasteiger partial charge in [0, 0.05) is 4.88 Å². The van der Waals surface area contributed by atoms with Crippen LogP contribution in [0.3, 0.4) is 0 Å². The monoisotopic (exact) mass is 303 g/mol. The van der Waals surface area contributed by atoms with Crippen molar-refractivity contribution in [2.45, 2.75) is 13.0 Å². The molecule has 0 radical (unpaired) electrons. The Labute approximate surface area is 105 Å². The molecule has 0 bridgehead atoms. The number of rotatable bonds is 4. The Kier molecular flexibility index (Phi) is 3.30. The first-order valence-corrected chi connectivity index (χ1v) is 6.43. The van der Waals surface area contributed by atoms with Crippen LogP contribution in [-0.4, -0.2) is 17.0 Å². The van der Waals surface area contributed by atoms with Gasteiger partial charge >= 0.3 is 5.97 Å². The second-order valence-corrected chi connectivity index (χ2v) is 6.26. The maximum atomic E-state index is 11.5. The normalized spacial score (nSPS) is 22.8. The Morgan fingerprint density at radius 2 is 2.25 bits per heavy atom. The van der Waals surface area contributed by atoms with E-state index in [2.05, 4.69) is 21.2 Å². The van der Waals surface area contributed by atoms with Gasteiger partial charge in [-0.25, -0.2) is 0 Å². The highest BCUT2D eigenvalue weighted by atomic mass is 79.9. The van der Waals surface area contributed by atoms with Gasteiger partial charge in [0.2, 0.25) is 5.91 Å². The SMILES string of the molecule is O=C(O)[C@H]1C[C@H]1C(=O)NCc1ccc(Br)s1. The molecule has 1 aromatic rings. The predicted octanol–water partition coefficient (Wildman–Crippen LogP) is 1.85. The maximum Gasteiger partial charge on any atom is 0.307 e. The molecule has 0 spiro atoms. The average molecular weight is 304 g/mol. The predicted molar refractivity (Wildman–Crippen MR) is 63.1 cm³/mol. The first-order valence-electron chi connectivity index (χ1n) is 4.82. The topological polar surface area (TPSA) is 66.4 Å². The lowest BCUT2D eigenvalue weighted by molar-refractivity contribution is -0.140. The van der Waals surface area contributed by atoms with E-state index in [-0.39, 0.29) is 11.8 Å². The molecular weight excluding hydrogens is 294 g/mol. The Morgan fingerprint density at radius 3 is 2.75 bits per heavy atom. The number of hydrogen-bond acceptors (Lipinski definition) is 3. The molecule has 0 unspecified atom stereocenters. The van der Waals surface area contributed by atoms with Gasteiger partial charge in [0.1, 0.15) is 0 Å². The fourth-order valence-electron chi connectivity index (χ4n) is 1.51. The molecule has 0 saturated heterocycles. The second kappa shape index (κ2) is 4.55. The molecule has 1 fully saturated rings. The van der Waals surface area contributed by atoms with Crippen molar-refractivity contribution >= 4 is 39.1 Å². The average Bonchev–Trinajstić information content (AvgIpc) is 2.93. The number of nitrogens with one attached hydrogen (secondary N) is 1. The lowest BCUT2D eigenvalue weighted by Gasteiger charge is -2.01. The number of thiophene rings is 1. The Balaban J connectivity index is 1.79. The summed E-state index contributed by atoms with van der Waals surface area (Å²) < 4.78 is 1.02.